The third-order valence-corrected chi connectivity index (χ3v) is 2.48. The summed E-state index contributed by atoms with van der Waals surface area (Å²) in [6, 6.07) is 0. The van der Waals surface area contributed by atoms with Crippen molar-refractivity contribution < 1.29 is 0 Å². The van der Waals surface area contributed by atoms with E-state index in [9.17, 15) is 0 Å². The number of nitrogens with zero attached hydrogens (tertiary/aromatic N) is 3. The molecule has 2 aliphatic rings. The van der Waals surface area contributed by atoms with Gasteiger partial charge in [0.15, 0.2) is 0 Å². The van der Waals surface area contributed by atoms with E-state index in [1.54, 1.807) is 18.7 Å². The Morgan fingerprint density at radius 2 is 2.21 bits per heavy atom. The molecule has 3 rings (SSSR count). The van der Waals surface area contributed by atoms with Crippen LogP contribution < -0.4 is 0 Å². The SMILES string of the molecule is C1CN=C2CCCN2C1.c1c[nH]cn1. The summed E-state index contributed by atoms with van der Waals surface area (Å²) in [5.74, 6) is 1.38. The molecule has 1 aromatic heterocycles. The number of nitrogens with one attached hydrogen (secondary N) is 1. The number of aliphatic imine (C=N–C) groups is 1. The van der Waals surface area contributed by atoms with Crippen LogP contribution in [0.4, 0.5) is 0 Å². The van der Waals surface area contributed by atoms with E-state index in [1.165, 1.54) is 38.2 Å². The predicted octanol–water partition coefficient (Wildman–Crippen LogP) is 1.29. The van der Waals surface area contributed by atoms with Crippen molar-refractivity contribution in [2.45, 2.75) is 19.3 Å². The van der Waals surface area contributed by atoms with E-state index < -0.39 is 0 Å². The fourth-order valence-electron chi connectivity index (χ4n) is 1.82. The van der Waals surface area contributed by atoms with Crippen molar-refractivity contribution >= 4 is 5.84 Å². The molecule has 3 heterocycles. The van der Waals surface area contributed by atoms with Crippen molar-refractivity contribution in [2.24, 2.45) is 4.99 Å². The highest BCUT2D eigenvalue weighted by Crippen LogP contribution is 2.14. The van der Waals surface area contributed by atoms with Gasteiger partial charge in [0.1, 0.15) is 0 Å². The van der Waals surface area contributed by atoms with Gasteiger partial charge in [0.05, 0.1) is 12.2 Å². The Balaban J connectivity index is 0.000000128. The Kier molecular flexibility index (Phi) is 3.16. The van der Waals surface area contributed by atoms with Crippen LogP contribution in [0.3, 0.4) is 0 Å². The van der Waals surface area contributed by atoms with E-state index in [4.69, 9.17) is 0 Å². The van der Waals surface area contributed by atoms with Crippen molar-refractivity contribution in [2.75, 3.05) is 19.6 Å². The molecule has 0 unspecified atom stereocenters. The number of imidazole rings is 1. The molecule has 2 aliphatic heterocycles. The number of H-pyrrole nitrogens is 1. The first-order chi connectivity index (χ1) is 6.97. The summed E-state index contributed by atoms with van der Waals surface area (Å²) in [7, 11) is 0. The molecule has 14 heavy (non-hydrogen) atoms. The molecular weight excluding hydrogens is 176 g/mol. The number of fused-ring (bicyclic) bond motifs is 1. The van der Waals surface area contributed by atoms with Crippen LogP contribution in [0.2, 0.25) is 0 Å². The van der Waals surface area contributed by atoms with Crippen LogP contribution >= 0.6 is 0 Å². The summed E-state index contributed by atoms with van der Waals surface area (Å²) in [5.41, 5.74) is 0. The van der Waals surface area contributed by atoms with Crippen LogP contribution in [0.25, 0.3) is 0 Å². The van der Waals surface area contributed by atoms with Crippen LogP contribution in [0.1, 0.15) is 19.3 Å². The monoisotopic (exact) mass is 192 g/mol. The van der Waals surface area contributed by atoms with Gasteiger partial charge in [0.25, 0.3) is 0 Å². The Hall–Kier alpha value is -1.32. The summed E-state index contributed by atoms with van der Waals surface area (Å²) in [6.45, 7) is 3.60. The van der Waals surface area contributed by atoms with Gasteiger partial charge in [-0.15, -0.1) is 0 Å². The summed E-state index contributed by atoms with van der Waals surface area (Å²) < 4.78 is 0. The normalized spacial score (nSPS) is 19.4. The minimum Gasteiger partial charge on any atom is -0.360 e. The quantitative estimate of drug-likeness (QED) is 0.673. The fourth-order valence-corrected chi connectivity index (χ4v) is 1.82. The van der Waals surface area contributed by atoms with Crippen LogP contribution in [-0.2, 0) is 0 Å². The number of hydrogen-bond acceptors (Lipinski definition) is 3. The molecule has 0 aliphatic carbocycles. The van der Waals surface area contributed by atoms with E-state index in [2.05, 4.69) is 19.9 Å². The fraction of sp³-hybridized carbons (Fsp3) is 0.600. The van der Waals surface area contributed by atoms with E-state index in [1.807, 2.05) is 0 Å². The maximum absolute atomic E-state index is 4.43. The number of aromatic nitrogens is 2. The molecule has 1 N–H and O–H groups in total. The molecule has 4 heteroatoms. The van der Waals surface area contributed by atoms with Crippen LogP contribution in [0, 0.1) is 0 Å². The van der Waals surface area contributed by atoms with Gasteiger partial charge < -0.3 is 9.88 Å². The van der Waals surface area contributed by atoms with Gasteiger partial charge in [-0.3, -0.25) is 4.99 Å². The zero-order chi connectivity index (χ0) is 9.64. The highest BCUT2D eigenvalue weighted by atomic mass is 15.2. The second kappa shape index (κ2) is 4.79. The van der Waals surface area contributed by atoms with Crippen molar-refractivity contribution in [3.05, 3.63) is 18.7 Å². The Morgan fingerprint density at radius 1 is 1.29 bits per heavy atom. The van der Waals surface area contributed by atoms with Gasteiger partial charge >= 0.3 is 0 Å². The number of hydrogen-bond donors (Lipinski definition) is 1. The topological polar surface area (TPSA) is 44.3 Å². The molecule has 0 radical (unpaired) electrons. The average Bonchev–Trinajstić information content (AvgIpc) is 2.92. The molecule has 0 spiro atoms. The molecule has 76 valence electrons. The van der Waals surface area contributed by atoms with Gasteiger partial charge in [-0.1, -0.05) is 0 Å². The van der Waals surface area contributed by atoms with Gasteiger partial charge in [-0.05, 0) is 12.8 Å². The third kappa shape index (κ3) is 2.34. The number of rotatable bonds is 0. The number of aromatic amines is 1. The minimum atomic E-state index is 1.08. The summed E-state index contributed by atoms with van der Waals surface area (Å²) in [5, 5.41) is 0. The molecule has 1 saturated heterocycles. The molecule has 4 nitrogen and oxygen atoms in total. The molecule has 0 amide bonds. The molecule has 1 aromatic rings. The maximum atomic E-state index is 4.43. The highest BCUT2D eigenvalue weighted by Gasteiger charge is 2.19. The predicted molar refractivity (Wildman–Crippen MR) is 56.3 cm³/mol. The summed E-state index contributed by atoms with van der Waals surface area (Å²) in [6.07, 6.45) is 8.92. The van der Waals surface area contributed by atoms with E-state index in [0.717, 1.165) is 6.54 Å². The average molecular weight is 192 g/mol. The standard InChI is InChI=1S/C7H12N2.C3H4N2/c1-3-7-8-4-2-6-9(7)5-1;1-2-5-3-4-1/h1-6H2;1-3H,(H,4,5). The first-order valence-electron chi connectivity index (χ1n) is 5.18. The molecular formula is C10H16N4. The van der Waals surface area contributed by atoms with Crippen LogP contribution in [0.15, 0.2) is 23.7 Å². The Labute approximate surface area is 84.1 Å². The minimum absolute atomic E-state index is 1.08. The summed E-state index contributed by atoms with van der Waals surface area (Å²) in [4.78, 5) is 13.3. The second-order valence-corrected chi connectivity index (χ2v) is 3.50. The van der Waals surface area contributed by atoms with Crippen molar-refractivity contribution in [3.63, 3.8) is 0 Å². The summed E-state index contributed by atoms with van der Waals surface area (Å²) >= 11 is 0. The first-order valence-corrected chi connectivity index (χ1v) is 5.18. The van der Waals surface area contributed by atoms with Gasteiger partial charge in [-0.25, -0.2) is 4.98 Å². The van der Waals surface area contributed by atoms with Crippen molar-refractivity contribution in [1.29, 1.82) is 0 Å². The zero-order valence-corrected chi connectivity index (χ0v) is 8.32. The van der Waals surface area contributed by atoms with Crippen molar-refractivity contribution in [1.82, 2.24) is 14.9 Å². The zero-order valence-electron chi connectivity index (χ0n) is 8.32. The van der Waals surface area contributed by atoms with E-state index in [0.29, 0.717) is 0 Å². The Morgan fingerprint density at radius 3 is 2.86 bits per heavy atom. The number of amidine groups is 1. The van der Waals surface area contributed by atoms with E-state index in [-0.39, 0.29) is 0 Å². The Bertz CT molecular complexity index is 261. The van der Waals surface area contributed by atoms with Gasteiger partial charge in [0.2, 0.25) is 0 Å². The van der Waals surface area contributed by atoms with Gasteiger partial charge in [0, 0.05) is 38.4 Å². The maximum Gasteiger partial charge on any atom is 0.0989 e. The molecule has 0 bridgehead atoms. The lowest BCUT2D eigenvalue weighted by molar-refractivity contribution is 0.427. The van der Waals surface area contributed by atoms with Crippen LogP contribution in [0.5, 0.6) is 0 Å². The molecule has 0 atom stereocenters. The van der Waals surface area contributed by atoms with Crippen molar-refractivity contribution in [3.8, 4) is 0 Å². The van der Waals surface area contributed by atoms with E-state index >= 15 is 0 Å². The molecule has 0 saturated carbocycles. The third-order valence-electron chi connectivity index (χ3n) is 2.48. The van der Waals surface area contributed by atoms with Crippen LogP contribution in [-0.4, -0.2) is 40.3 Å². The van der Waals surface area contributed by atoms with Gasteiger partial charge in [-0.2, -0.15) is 0 Å². The second-order valence-electron chi connectivity index (χ2n) is 3.50. The lowest BCUT2D eigenvalue weighted by Crippen LogP contribution is -2.29. The first kappa shape index (κ1) is 9.24. The molecule has 1 fully saturated rings. The highest BCUT2D eigenvalue weighted by molar-refractivity contribution is 5.84. The lowest BCUT2D eigenvalue weighted by atomic mass is 10.3. The largest absolute Gasteiger partial charge is 0.360 e. The smallest absolute Gasteiger partial charge is 0.0989 e. The molecule has 0 aromatic carbocycles. The lowest BCUT2D eigenvalue weighted by Gasteiger charge is -2.21.